The highest BCUT2D eigenvalue weighted by Gasteiger charge is 2.08. The second kappa shape index (κ2) is 12.5. The van der Waals surface area contributed by atoms with Crippen LogP contribution in [0.25, 0.3) is 0 Å². The lowest BCUT2D eigenvalue weighted by Crippen LogP contribution is -2.30. The number of ether oxygens (including phenoxy) is 4. The highest BCUT2D eigenvalue weighted by Crippen LogP contribution is 2.22. The van der Waals surface area contributed by atoms with Crippen molar-refractivity contribution in [3.05, 3.63) is 28.7 Å². The lowest BCUT2D eigenvalue weighted by molar-refractivity contribution is -0.613. The molecule has 7 heteroatoms. The summed E-state index contributed by atoms with van der Waals surface area (Å²) in [6, 6.07) is 1.85. The fourth-order valence-corrected chi connectivity index (χ4v) is 2.71. The molecule has 0 amide bonds. The van der Waals surface area contributed by atoms with Crippen LogP contribution in [0.5, 0.6) is 0 Å². The third-order valence-corrected chi connectivity index (χ3v) is 4.39. The first-order chi connectivity index (χ1) is 11.2. The molecule has 0 aliphatic heterocycles. The summed E-state index contributed by atoms with van der Waals surface area (Å²) in [6.45, 7) is 7.95. The highest BCUT2D eigenvalue weighted by atomic mass is 32.2. The third kappa shape index (κ3) is 8.53. The Balaban J connectivity index is 1.97. The van der Waals surface area contributed by atoms with Crippen molar-refractivity contribution in [3.63, 3.8) is 0 Å². The molecule has 0 unspecified atom stereocenters. The van der Waals surface area contributed by atoms with Crippen LogP contribution in [0, 0.1) is 19.1 Å². The summed E-state index contributed by atoms with van der Waals surface area (Å²) in [5, 5.41) is 11.4. The van der Waals surface area contributed by atoms with Gasteiger partial charge in [-0.25, -0.2) is 0 Å². The standard InChI is InChI=1S/C16H27NO5S/c1-14-15(2)17(18)5-4-16(14)23-13-12-22-11-10-21-9-8-20-7-6-19-3/h4-5H,6-13H2,1-3H3. The van der Waals surface area contributed by atoms with Crippen LogP contribution in [0.4, 0.5) is 0 Å². The maximum atomic E-state index is 11.4. The van der Waals surface area contributed by atoms with E-state index in [1.54, 1.807) is 25.1 Å². The number of rotatable bonds is 13. The van der Waals surface area contributed by atoms with Crippen LogP contribution >= 0.6 is 11.8 Å². The van der Waals surface area contributed by atoms with Gasteiger partial charge in [-0.2, -0.15) is 4.73 Å². The van der Waals surface area contributed by atoms with Crippen molar-refractivity contribution in [1.29, 1.82) is 0 Å². The molecule has 0 aromatic carbocycles. The van der Waals surface area contributed by atoms with E-state index in [0.717, 1.165) is 26.6 Å². The molecule has 0 saturated heterocycles. The van der Waals surface area contributed by atoms with Gasteiger partial charge >= 0.3 is 0 Å². The predicted octanol–water partition coefficient (Wildman–Crippen LogP) is 1.73. The largest absolute Gasteiger partial charge is 0.619 e. The summed E-state index contributed by atoms with van der Waals surface area (Å²) < 4.78 is 22.0. The van der Waals surface area contributed by atoms with Gasteiger partial charge < -0.3 is 24.2 Å². The van der Waals surface area contributed by atoms with Crippen LogP contribution in [0.1, 0.15) is 11.3 Å². The fourth-order valence-electron chi connectivity index (χ4n) is 1.77. The number of nitrogens with zero attached hydrogens (tertiary/aromatic N) is 1. The molecule has 0 radical (unpaired) electrons. The Kier molecular flexibility index (Phi) is 11.0. The quantitative estimate of drug-likeness (QED) is 0.235. The van der Waals surface area contributed by atoms with E-state index in [1.807, 2.05) is 19.9 Å². The summed E-state index contributed by atoms with van der Waals surface area (Å²) >= 11 is 1.70. The number of aromatic nitrogens is 1. The highest BCUT2D eigenvalue weighted by molar-refractivity contribution is 7.99. The zero-order valence-corrected chi connectivity index (χ0v) is 15.0. The lowest BCUT2D eigenvalue weighted by Gasteiger charge is -2.09. The van der Waals surface area contributed by atoms with Crippen molar-refractivity contribution in [2.45, 2.75) is 18.7 Å². The van der Waals surface area contributed by atoms with E-state index in [9.17, 15) is 5.21 Å². The van der Waals surface area contributed by atoms with Gasteiger partial charge in [-0.15, -0.1) is 11.8 Å². The van der Waals surface area contributed by atoms with E-state index < -0.39 is 0 Å². The molecular formula is C16H27NO5S. The molecule has 6 nitrogen and oxygen atoms in total. The number of hydrogen-bond acceptors (Lipinski definition) is 6. The van der Waals surface area contributed by atoms with Crippen LogP contribution in [-0.2, 0) is 18.9 Å². The lowest BCUT2D eigenvalue weighted by atomic mass is 10.2. The minimum absolute atomic E-state index is 0.567. The van der Waals surface area contributed by atoms with Crippen LogP contribution in [-0.4, -0.2) is 59.1 Å². The van der Waals surface area contributed by atoms with Gasteiger partial charge in [-0.1, -0.05) is 0 Å². The predicted molar refractivity (Wildman–Crippen MR) is 89.9 cm³/mol. The van der Waals surface area contributed by atoms with Crippen molar-refractivity contribution >= 4 is 11.8 Å². The first-order valence-corrected chi connectivity index (χ1v) is 8.69. The number of hydrogen-bond donors (Lipinski definition) is 0. The SMILES string of the molecule is COCCOCCOCCOCCSc1cc[n+]([O-])c(C)c1C. The molecular weight excluding hydrogens is 318 g/mol. The Morgan fingerprint density at radius 3 is 2.13 bits per heavy atom. The summed E-state index contributed by atoms with van der Waals surface area (Å²) in [6.07, 6.45) is 1.55. The molecule has 0 aliphatic carbocycles. The summed E-state index contributed by atoms with van der Waals surface area (Å²) in [4.78, 5) is 1.13. The second-order valence-electron chi connectivity index (χ2n) is 4.89. The molecule has 0 fully saturated rings. The summed E-state index contributed by atoms with van der Waals surface area (Å²) in [5.41, 5.74) is 1.78. The Morgan fingerprint density at radius 2 is 1.52 bits per heavy atom. The van der Waals surface area contributed by atoms with Gasteiger partial charge in [0.05, 0.1) is 46.2 Å². The minimum atomic E-state index is 0.567. The van der Waals surface area contributed by atoms with Gasteiger partial charge in [-0.05, 0) is 6.92 Å². The molecule has 1 rings (SSSR count). The molecule has 1 aromatic heterocycles. The Hall–Kier alpha value is -0.860. The van der Waals surface area contributed by atoms with E-state index in [4.69, 9.17) is 18.9 Å². The van der Waals surface area contributed by atoms with Gasteiger partial charge in [0.15, 0.2) is 11.9 Å². The van der Waals surface area contributed by atoms with Gasteiger partial charge in [-0.3, -0.25) is 0 Å². The van der Waals surface area contributed by atoms with E-state index in [1.165, 1.54) is 0 Å². The van der Waals surface area contributed by atoms with E-state index in [0.29, 0.717) is 46.2 Å². The van der Waals surface area contributed by atoms with Crippen LogP contribution in [0.3, 0.4) is 0 Å². The molecule has 0 spiro atoms. The van der Waals surface area contributed by atoms with Crippen LogP contribution in [0.15, 0.2) is 17.2 Å². The summed E-state index contributed by atoms with van der Waals surface area (Å²) in [5.74, 6) is 0.850. The van der Waals surface area contributed by atoms with Crippen molar-refractivity contribution in [2.75, 3.05) is 59.1 Å². The molecule has 0 atom stereocenters. The molecule has 0 aliphatic rings. The van der Waals surface area contributed by atoms with Gasteiger partial charge in [0, 0.05) is 36.3 Å². The van der Waals surface area contributed by atoms with Gasteiger partial charge in [0.2, 0.25) is 0 Å². The van der Waals surface area contributed by atoms with Crippen LogP contribution < -0.4 is 4.73 Å². The molecule has 23 heavy (non-hydrogen) atoms. The number of thioether (sulfide) groups is 1. The Bertz CT molecular complexity index is 445. The second-order valence-corrected chi connectivity index (χ2v) is 6.03. The van der Waals surface area contributed by atoms with E-state index in [-0.39, 0.29) is 0 Å². The number of pyridine rings is 1. The molecule has 1 aromatic rings. The molecule has 0 N–H and O–H groups in total. The fraction of sp³-hybridized carbons (Fsp3) is 0.688. The Morgan fingerprint density at radius 1 is 0.957 bits per heavy atom. The monoisotopic (exact) mass is 345 g/mol. The normalized spacial score (nSPS) is 11.1. The first-order valence-electron chi connectivity index (χ1n) is 7.71. The van der Waals surface area contributed by atoms with E-state index >= 15 is 0 Å². The molecule has 0 saturated carbocycles. The average Bonchev–Trinajstić information content (AvgIpc) is 2.55. The van der Waals surface area contributed by atoms with E-state index in [2.05, 4.69) is 0 Å². The maximum absolute atomic E-state index is 11.4. The maximum Gasteiger partial charge on any atom is 0.193 e. The molecule has 132 valence electrons. The topological polar surface area (TPSA) is 63.9 Å². The zero-order chi connectivity index (χ0) is 16.9. The van der Waals surface area contributed by atoms with Crippen molar-refractivity contribution in [3.8, 4) is 0 Å². The van der Waals surface area contributed by atoms with Crippen molar-refractivity contribution < 1.29 is 23.7 Å². The zero-order valence-electron chi connectivity index (χ0n) is 14.2. The van der Waals surface area contributed by atoms with Crippen molar-refractivity contribution in [1.82, 2.24) is 0 Å². The van der Waals surface area contributed by atoms with Gasteiger partial charge in [0.1, 0.15) is 0 Å². The first kappa shape index (κ1) is 20.2. The molecule has 1 heterocycles. The summed E-state index contributed by atoms with van der Waals surface area (Å²) in [7, 11) is 1.65. The average molecular weight is 345 g/mol. The molecule has 0 bridgehead atoms. The number of methoxy groups -OCH3 is 1. The van der Waals surface area contributed by atoms with Crippen molar-refractivity contribution in [2.24, 2.45) is 0 Å². The van der Waals surface area contributed by atoms with Crippen LogP contribution in [0.2, 0.25) is 0 Å². The third-order valence-electron chi connectivity index (χ3n) is 3.27. The Labute approximate surface area is 142 Å². The minimum Gasteiger partial charge on any atom is -0.619 e. The smallest absolute Gasteiger partial charge is 0.193 e. The van der Waals surface area contributed by atoms with Gasteiger partial charge in [0.25, 0.3) is 0 Å².